The van der Waals surface area contributed by atoms with Gasteiger partial charge in [-0.3, -0.25) is 4.79 Å². The number of benzene rings is 1. The smallest absolute Gasteiger partial charge is 0.251 e. The number of piperidine rings is 1. The Balaban J connectivity index is 1.63. The second-order valence-corrected chi connectivity index (χ2v) is 6.76. The second-order valence-electron chi connectivity index (χ2n) is 6.76. The second kappa shape index (κ2) is 6.17. The van der Waals surface area contributed by atoms with Gasteiger partial charge in [-0.05, 0) is 43.6 Å². The van der Waals surface area contributed by atoms with E-state index in [1.807, 2.05) is 22.7 Å². The van der Waals surface area contributed by atoms with Crippen molar-refractivity contribution in [3.8, 4) is 22.6 Å². The number of ether oxygens (including phenoxy) is 2. The van der Waals surface area contributed by atoms with Crippen LogP contribution in [0.25, 0.3) is 16.8 Å². The Bertz CT molecular complexity index is 1020. The Hall–Kier alpha value is -2.80. The molecule has 0 radical (unpaired) electrons. The van der Waals surface area contributed by atoms with Crippen molar-refractivity contribution in [3.63, 3.8) is 0 Å². The van der Waals surface area contributed by atoms with E-state index in [1.54, 1.807) is 12.3 Å². The molecule has 26 heavy (non-hydrogen) atoms. The standard InChI is InChI=1S/C19H20N4O3/c24-18-10-15(12-3-5-20-6-4-12)23-19(22-18)14(11-21-23)13-1-2-16-17(9-13)26-8-7-25-16/h1-2,9-12,20H,3-8H2,(H,22,24). The predicted molar refractivity (Wildman–Crippen MR) is 97.1 cm³/mol. The van der Waals surface area contributed by atoms with Gasteiger partial charge in [0.25, 0.3) is 5.56 Å². The van der Waals surface area contributed by atoms with Crippen LogP contribution in [0.5, 0.6) is 11.5 Å². The summed E-state index contributed by atoms with van der Waals surface area (Å²) in [5.41, 5.74) is 3.44. The van der Waals surface area contributed by atoms with Crippen molar-refractivity contribution >= 4 is 5.65 Å². The molecule has 134 valence electrons. The van der Waals surface area contributed by atoms with Crippen LogP contribution in [0, 0.1) is 0 Å². The molecule has 1 aromatic carbocycles. The first-order valence-corrected chi connectivity index (χ1v) is 9.01. The van der Waals surface area contributed by atoms with E-state index in [0.717, 1.165) is 59.9 Å². The van der Waals surface area contributed by atoms with Crippen LogP contribution in [-0.4, -0.2) is 40.9 Å². The molecule has 0 bridgehead atoms. The summed E-state index contributed by atoms with van der Waals surface area (Å²) < 4.78 is 13.2. The number of nitrogens with one attached hydrogen (secondary N) is 2. The molecule has 1 saturated heterocycles. The van der Waals surface area contributed by atoms with Gasteiger partial charge in [0.1, 0.15) is 18.9 Å². The Morgan fingerprint density at radius 3 is 2.73 bits per heavy atom. The molecule has 7 nitrogen and oxygen atoms in total. The third-order valence-electron chi connectivity index (χ3n) is 5.14. The summed E-state index contributed by atoms with van der Waals surface area (Å²) in [6.45, 7) is 3.04. The van der Waals surface area contributed by atoms with Crippen molar-refractivity contribution in [2.24, 2.45) is 0 Å². The molecular weight excluding hydrogens is 332 g/mol. The van der Waals surface area contributed by atoms with Gasteiger partial charge in [0.05, 0.1) is 11.9 Å². The van der Waals surface area contributed by atoms with Crippen LogP contribution in [0.15, 0.2) is 35.3 Å². The van der Waals surface area contributed by atoms with E-state index in [9.17, 15) is 4.79 Å². The quantitative estimate of drug-likeness (QED) is 0.737. The fourth-order valence-electron chi connectivity index (χ4n) is 3.84. The molecule has 0 aliphatic carbocycles. The maximum Gasteiger partial charge on any atom is 0.251 e. The minimum Gasteiger partial charge on any atom is -0.486 e. The van der Waals surface area contributed by atoms with Gasteiger partial charge in [0.15, 0.2) is 11.5 Å². The van der Waals surface area contributed by atoms with Crippen molar-refractivity contribution in [1.29, 1.82) is 0 Å². The third kappa shape index (κ3) is 2.55. The molecule has 0 spiro atoms. The molecule has 0 saturated carbocycles. The Morgan fingerprint density at radius 2 is 1.88 bits per heavy atom. The number of rotatable bonds is 2. The summed E-state index contributed by atoms with van der Waals surface area (Å²) in [7, 11) is 0. The average molecular weight is 352 g/mol. The Morgan fingerprint density at radius 1 is 1.08 bits per heavy atom. The zero-order valence-corrected chi connectivity index (χ0v) is 14.3. The first kappa shape index (κ1) is 15.5. The first-order valence-electron chi connectivity index (χ1n) is 9.01. The Labute approximate surface area is 149 Å². The van der Waals surface area contributed by atoms with Crippen molar-refractivity contribution in [2.75, 3.05) is 26.3 Å². The largest absolute Gasteiger partial charge is 0.486 e. The highest BCUT2D eigenvalue weighted by Crippen LogP contribution is 2.36. The molecular formula is C19H20N4O3. The SMILES string of the molecule is O=c1cc(C2CCNCC2)n2ncc(-c3ccc4c(c3)OCCO4)c2[nH]1. The zero-order valence-electron chi connectivity index (χ0n) is 14.3. The summed E-state index contributed by atoms with van der Waals surface area (Å²) >= 11 is 0. The molecule has 2 aromatic heterocycles. The van der Waals surface area contributed by atoms with Gasteiger partial charge >= 0.3 is 0 Å². The normalized spacial score (nSPS) is 17.5. The minimum absolute atomic E-state index is 0.0923. The van der Waals surface area contributed by atoms with Crippen molar-refractivity contribution in [3.05, 3.63) is 46.5 Å². The number of aromatic nitrogens is 3. The van der Waals surface area contributed by atoms with Crippen LogP contribution in [0.3, 0.4) is 0 Å². The van der Waals surface area contributed by atoms with Gasteiger partial charge in [-0.2, -0.15) is 5.10 Å². The number of hydrogen-bond donors (Lipinski definition) is 2. The van der Waals surface area contributed by atoms with Gasteiger partial charge in [0.2, 0.25) is 0 Å². The summed E-state index contributed by atoms with van der Waals surface area (Å²) in [6.07, 6.45) is 3.83. The van der Waals surface area contributed by atoms with E-state index >= 15 is 0 Å². The van der Waals surface area contributed by atoms with E-state index in [0.29, 0.717) is 19.1 Å². The lowest BCUT2D eigenvalue weighted by Crippen LogP contribution is -2.28. The maximum absolute atomic E-state index is 12.3. The van der Waals surface area contributed by atoms with Crippen LogP contribution in [0.1, 0.15) is 24.5 Å². The molecule has 2 aliphatic rings. The molecule has 2 N–H and O–H groups in total. The molecule has 3 aromatic rings. The van der Waals surface area contributed by atoms with E-state index in [-0.39, 0.29) is 5.56 Å². The zero-order chi connectivity index (χ0) is 17.5. The molecule has 4 heterocycles. The third-order valence-corrected chi connectivity index (χ3v) is 5.14. The van der Waals surface area contributed by atoms with Crippen LogP contribution >= 0.6 is 0 Å². The highest BCUT2D eigenvalue weighted by atomic mass is 16.6. The van der Waals surface area contributed by atoms with E-state index < -0.39 is 0 Å². The lowest BCUT2D eigenvalue weighted by atomic mass is 9.94. The first-order chi connectivity index (χ1) is 12.8. The van der Waals surface area contributed by atoms with Gasteiger partial charge in [0, 0.05) is 17.5 Å². The lowest BCUT2D eigenvalue weighted by molar-refractivity contribution is 0.171. The van der Waals surface area contributed by atoms with Gasteiger partial charge in [-0.15, -0.1) is 0 Å². The van der Waals surface area contributed by atoms with E-state index in [4.69, 9.17) is 9.47 Å². The molecule has 2 aliphatic heterocycles. The summed E-state index contributed by atoms with van der Waals surface area (Å²) in [4.78, 5) is 15.3. The van der Waals surface area contributed by atoms with Crippen LogP contribution in [0.2, 0.25) is 0 Å². The highest BCUT2D eigenvalue weighted by Gasteiger charge is 2.21. The maximum atomic E-state index is 12.3. The van der Waals surface area contributed by atoms with Gasteiger partial charge in [-0.1, -0.05) is 6.07 Å². The van der Waals surface area contributed by atoms with Gasteiger partial charge in [-0.25, -0.2) is 4.52 Å². The monoisotopic (exact) mass is 352 g/mol. The number of H-pyrrole nitrogens is 1. The summed E-state index contributed by atoms with van der Waals surface area (Å²) in [5.74, 6) is 1.82. The van der Waals surface area contributed by atoms with Crippen molar-refractivity contribution in [2.45, 2.75) is 18.8 Å². The molecule has 1 fully saturated rings. The van der Waals surface area contributed by atoms with Crippen LogP contribution < -0.4 is 20.3 Å². The highest BCUT2D eigenvalue weighted by molar-refractivity contribution is 5.78. The van der Waals surface area contributed by atoms with Crippen molar-refractivity contribution < 1.29 is 9.47 Å². The molecule has 0 unspecified atom stereocenters. The molecule has 5 rings (SSSR count). The Kier molecular flexibility index (Phi) is 3.67. The topological polar surface area (TPSA) is 80.7 Å². The van der Waals surface area contributed by atoms with Crippen LogP contribution in [-0.2, 0) is 0 Å². The predicted octanol–water partition coefficient (Wildman–Crippen LogP) is 1.93. The van der Waals surface area contributed by atoms with E-state index in [2.05, 4.69) is 15.4 Å². The fraction of sp³-hybridized carbons (Fsp3) is 0.368. The lowest BCUT2D eigenvalue weighted by Gasteiger charge is -2.23. The number of nitrogens with zero attached hydrogens (tertiary/aromatic N) is 2. The summed E-state index contributed by atoms with van der Waals surface area (Å²) in [5, 5.41) is 7.94. The molecule has 7 heteroatoms. The number of aromatic amines is 1. The van der Waals surface area contributed by atoms with E-state index in [1.165, 1.54) is 0 Å². The molecule has 0 atom stereocenters. The minimum atomic E-state index is -0.0923. The average Bonchev–Trinajstić information content (AvgIpc) is 3.11. The number of hydrogen-bond acceptors (Lipinski definition) is 5. The summed E-state index contributed by atoms with van der Waals surface area (Å²) in [6, 6.07) is 7.51. The van der Waals surface area contributed by atoms with Crippen LogP contribution in [0.4, 0.5) is 0 Å². The fourth-order valence-corrected chi connectivity index (χ4v) is 3.84. The van der Waals surface area contributed by atoms with Gasteiger partial charge < -0.3 is 19.8 Å². The molecule has 0 amide bonds. The number of fused-ring (bicyclic) bond motifs is 2. The van der Waals surface area contributed by atoms with Crippen molar-refractivity contribution in [1.82, 2.24) is 19.9 Å².